The zero-order chi connectivity index (χ0) is 106. The Morgan fingerprint density at radius 1 is 0.265 bits per heavy atom. The maximum atomic E-state index is 14.5. The molecule has 0 aromatic heterocycles. The highest BCUT2D eigenvalue weighted by Crippen LogP contribution is 2.51. The fraction of sp³-hybridized carbons (Fsp3) is 0.548. The third-order valence-corrected chi connectivity index (χ3v) is 33.4. The molecule has 17 rings (SSSR count). The van der Waals surface area contributed by atoms with Crippen LogP contribution in [0.3, 0.4) is 0 Å². The smallest absolute Gasteiger partial charge is 0.432 e. The Morgan fingerprint density at radius 3 is 0.905 bits per heavy atom. The number of hydrogen-bond donors (Lipinski definition) is 0. The van der Waals surface area contributed by atoms with Gasteiger partial charge in [-0.2, -0.15) is 17.6 Å². The van der Waals surface area contributed by atoms with Gasteiger partial charge in [0.2, 0.25) is 0 Å². The van der Waals surface area contributed by atoms with E-state index in [1.165, 1.54) is 273 Å². The number of ether oxygens (including phenoxy) is 3. The van der Waals surface area contributed by atoms with Crippen molar-refractivity contribution in [3.63, 3.8) is 0 Å². The second-order valence-corrected chi connectivity index (χ2v) is 43.2. The fourth-order valence-corrected chi connectivity index (χ4v) is 24.9. The zero-order valence-electron chi connectivity index (χ0n) is 86.3. The van der Waals surface area contributed by atoms with E-state index in [4.69, 9.17) is 0 Å². The molecule has 0 bridgehead atoms. The molecule has 0 N–H and O–H groups in total. The van der Waals surface area contributed by atoms with E-state index in [9.17, 15) is 87.8 Å². The monoisotopic (exact) mass is 2070 g/mol. The van der Waals surface area contributed by atoms with Gasteiger partial charge in [0, 0.05) is 24.3 Å². The number of benzene rings is 9. The van der Waals surface area contributed by atoms with Crippen LogP contribution in [-0.2, 0) is 12.5 Å². The Morgan fingerprint density at radius 2 is 0.558 bits per heavy atom. The van der Waals surface area contributed by atoms with Crippen LogP contribution in [0.5, 0.6) is 17.2 Å². The van der Waals surface area contributed by atoms with Gasteiger partial charge in [0.25, 0.3) is 0 Å². The van der Waals surface area contributed by atoms with Gasteiger partial charge in [0.05, 0.1) is 5.92 Å². The molecule has 8 aliphatic rings. The second-order valence-electron chi connectivity index (χ2n) is 43.2. The molecule has 0 spiro atoms. The normalized spacial score (nSPS) is 24.4. The molecule has 8 fully saturated rings. The molecule has 9 aromatic carbocycles. The van der Waals surface area contributed by atoms with E-state index < -0.39 is 117 Å². The van der Waals surface area contributed by atoms with Crippen LogP contribution >= 0.6 is 0 Å². The van der Waals surface area contributed by atoms with Crippen LogP contribution in [0.1, 0.15) is 357 Å². The fourth-order valence-electron chi connectivity index (χ4n) is 24.9. The van der Waals surface area contributed by atoms with Crippen molar-refractivity contribution in [1.82, 2.24) is 0 Å². The standard InChI is InChI=1S/C22H15F7O.C22H31F3O.C21H27F5O.C21H23F3.C21H24F2.C17H30/c1-2-3-12-4-6-13(7-5-12)14-8-16(23)20(17(24)9-14)22(28,29)30-15-10-18(25)21(27)19(26)11-15;1-2-3-16-4-6-17(7-5-16)18-8-10-19(11-9-18)20-12-14-21(15-13-20)26-22(23,24)25;1-2-13-3-5-14(6-4-13)15-7-9-16(10-8-15)21(25,26)27-17-11-18(22)20(24)19(23)12-17;1-2-3-14-4-6-15(7-5-14)16-8-10-17(11-9-16)18-12-19(22)21(24)20(23)13-18;1-2-3-15-4-6-16(7-5-15)17-8-10-18(11-9-17)19-12-13-20(22)21(23)14-19;1-3-5-15-8-12-17(13-9-15)16-10-6-14(4-2)7-11-16/h4-11H,2-3H2,1H3;12-19H,2-11H2,1H3;11-16H,2-10H2,1H3;8-15H,2-7H2,1H3;8-16H,2-7H2,1H3;4,14-17H,2-3,5-13H2,1H3. The lowest BCUT2D eigenvalue weighted by Gasteiger charge is -2.39. The van der Waals surface area contributed by atoms with E-state index in [-0.39, 0.29) is 23.4 Å². The number of allylic oxidation sites excluding steroid dienone is 1. The van der Waals surface area contributed by atoms with E-state index >= 15 is 0 Å². The van der Waals surface area contributed by atoms with Crippen LogP contribution in [-0.4, -0.2) is 12.5 Å². The molecule has 9 aromatic rings. The third kappa shape index (κ3) is 34.1. The van der Waals surface area contributed by atoms with Crippen molar-refractivity contribution in [3.05, 3.63) is 280 Å². The Kier molecular flexibility index (Phi) is 44.5. The van der Waals surface area contributed by atoms with Crippen LogP contribution in [0.15, 0.2) is 176 Å². The second kappa shape index (κ2) is 56.2. The molecule has 804 valence electrons. The minimum absolute atomic E-state index is 0.0199. The van der Waals surface area contributed by atoms with E-state index in [0.717, 1.165) is 119 Å². The summed E-state index contributed by atoms with van der Waals surface area (Å²) in [7, 11) is 0. The molecule has 0 unspecified atom stereocenters. The average molecular weight is 2070 g/mol. The maximum Gasteiger partial charge on any atom is 0.573 e. The average Bonchev–Trinajstić information content (AvgIpc) is 0.774. The first kappa shape index (κ1) is 116. The highest BCUT2D eigenvalue weighted by molar-refractivity contribution is 5.66. The molecule has 8 aliphatic carbocycles. The van der Waals surface area contributed by atoms with E-state index in [1.807, 2.05) is 55.5 Å². The number of aryl methyl sites for hydroxylation is 1. The highest BCUT2D eigenvalue weighted by atomic mass is 19.4. The molecular weight excluding hydrogens is 1920 g/mol. The molecule has 23 heteroatoms. The minimum atomic E-state index is -4.62. The van der Waals surface area contributed by atoms with Crippen molar-refractivity contribution in [2.75, 3.05) is 0 Å². The lowest BCUT2D eigenvalue weighted by Crippen LogP contribution is -2.38. The van der Waals surface area contributed by atoms with Gasteiger partial charge in [-0.25, -0.2) is 57.1 Å². The number of alkyl halides is 7. The highest BCUT2D eigenvalue weighted by Gasteiger charge is 2.47. The van der Waals surface area contributed by atoms with Crippen molar-refractivity contribution in [2.24, 2.45) is 76.9 Å². The lowest BCUT2D eigenvalue weighted by molar-refractivity contribution is -0.274. The molecule has 147 heavy (non-hydrogen) atoms. The molecular formula is C124H150F20O3. The van der Waals surface area contributed by atoms with Gasteiger partial charge in [-0.05, 0) is 366 Å². The number of hydrogen-bond acceptors (Lipinski definition) is 3. The first-order valence-electron chi connectivity index (χ1n) is 54.7. The summed E-state index contributed by atoms with van der Waals surface area (Å²) < 4.78 is 281. The molecule has 0 saturated heterocycles. The van der Waals surface area contributed by atoms with Crippen LogP contribution in [0.2, 0.25) is 0 Å². The van der Waals surface area contributed by atoms with Gasteiger partial charge < -0.3 is 14.2 Å². The molecule has 0 atom stereocenters. The summed E-state index contributed by atoms with van der Waals surface area (Å²) in [4.78, 5) is 0. The molecule has 0 aliphatic heterocycles. The Bertz CT molecular complexity index is 5370. The summed E-state index contributed by atoms with van der Waals surface area (Å²) in [5, 5.41) is 0. The summed E-state index contributed by atoms with van der Waals surface area (Å²) in [6.07, 6.45) is 42.8. The van der Waals surface area contributed by atoms with Crippen molar-refractivity contribution in [3.8, 4) is 50.6 Å². The van der Waals surface area contributed by atoms with Crippen molar-refractivity contribution in [2.45, 2.75) is 354 Å². The molecule has 0 radical (unpaired) electrons. The molecule has 0 heterocycles. The van der Waals surface area contributed by atoms with Gasteiger partial charge in [0.1, 0.15) is 34.4 Å². The summed E-state index contributed by atoms with van der Waals surface area (Å²) in [5.74, 6) is -9.49. The van der Waals surface area contributed by atoms with Gasteiger partial charge >= 0.3 is 18.6 Å². The maximum absolute atomic E-state index is 14.5. The van der Waals surface area contributed by atoms with E-state index in [2.05, 4.69) is 73.6 Å². The van der Waals surface area contributed by atoms with Crippen LogP contribution in [0.25, 0.3) is 33.4 Å². The van der Waals surface area contributed by atoms with E-state index in [0.29, 0.717) is 83.4 Å². The zero-order valence-corrected chi connectivity index (χ0v) is 86.3. The topological polar surface area (TPSA) is 27.7 Å². The van der Waals surface area contributed by atoms with Gasteiger partial charge in [-0.1, -0.05) is 241 Å². The van der Waals surface area contributed by atoms with Crippen molar-refractivity contribution >= 4 is 0 Å². The summed E-state index contributed by atoms with van der Waals surface area (Å²) in [6.45, 7) is 17.3. The number of rotatable bonds is 28. The van der Waals surface area contributed by atoms with Gasteiger partial charge in [0.15, 0.2) is 64.0 Å². The first-order chi connectivity index (χ1) is 70.4. The summed E-state index contributed by atoms with van der Waals surface area (Å²) >= 11 is 0. The third-order valence-electron chi connectivity index (χ3n) is 33.4. The minimum Gasteiger partial charge on any atom is -0.432 e. The largest absolute Gasteiger partial charge is 0.573 e. The van der Waals surface area contributed by atoms with Crippen LogP contribution < -0.4 is 14.2 Å². The van der Waals surface area contributed by atoms with Crippen LogP contribution in [0.4, 0.5) is 87.8 Å². The molecule has 0 amide bonds. The van der Waals surface area contributed by atoms with E-state index in [1.54, 1.807) is 30.3 Å². The predicted octanol–water partition coefficient (Wildman–Crippen LogP) is 40.8. The predicted molar refractivity (Wildman–Crippen MR) is 547 cm³/mol. The SMILES string of the molecule is C=CC1CCC(C2CCC(CCC)CC2)CC1.CCC1CCC(C2CCC(C(F)(F)Oc3cc(F)c(F)c(F)c3)CC2)CC1.CCCC1CCC(C2CCC(c3ccc(OC(F)(F)F)cc3)CC2)CC1.CCCC1CCC(c2ccc(-c3cc(F)c(F)c(F)c3)cc2)CC1.CCCC1CCC(c2ccc(-c3ccc(F)c(F)c3)cc2)CC1.CCCc1ccc(-c2cc(F)c(C(F)(F)Oc3cc(F)c(F)c(F)c3)c(F)c2)cc1. The van der Waals surface area contributed by atoms with Crippen molar-refractivity contribution in [1.29, 1.82) is 0 Å². The Labute approximate surface area is 858 Å². The van der Waals surface area contributed by atoms with Gasteiger partial charge in [-0.3, -0.25) is 0 Å². The summed E-state index contributed by atoms with van der Waals surface area (Å²) in [5.41, 5.74) is 6.26. The van der Waals surface area contributed by atoms with Gasteiger partial charge in [-0.15, -0.1) is 19.8 Å². The number of halogens is 20. The quantitative estimate of drug-likeness (QED) is 0.0278. The molecule has 3 nitrogen and oxygen atoms in total. The molecule has 8 saturated carbocycles. The summed E-state index contributed by atoms with van der Waals surface area (Å²) in [6, 6.07) is 38.2. The van der Waals surface area contributed by atoms with Crippen LogP contribution in [0, 0.1) is 153 Å². The van der Waals surface area contributed by atoms with Crippen molar-refractivity contribution < 1.29 is 102 Å². The Hall–Kier alpha value is -9.28. The lowest BCUT2D eigenvalue weighted by atomic mass is 9.68. The first-order valence-corrected chi connectivity index (χ1v) is 54.7. The Balaban J connectivity index is 0.000000158.